The fourth-order valence-corrected chi connectivity index (χ4v) is 5.59. The molecule has 4 rings (SSSR count). The normalized spacial score (nSPS) is 22.3. The number of rotatable bonds is 8. The third-order valence-corrected chi connectivity index (χ3v) is 8.03. The highest BCUT2D eigenvalue weighted by Crippen LogP contribution is 2.48. The summed E-state index contributed by atoms with van der Waals surface area (Å²) in [6.07, 6.45) is 3.80. The summed E-state index contributed by atoms with van der Waals surface area (Å²) in [5.74, 6) is -0.488. The molecule has 2 aromatic rings. The van der Waals surface area contributed by atoms with Crippen LogP contribution in [0.3, 0.4) is 0 Å². The molecule has 1 aliphatic carbocycles. The Bertz CT molecular complexity index is 977. The number of carbonyl (C=O) groups is 2. The zero-order chi connectivity index (χ0) is 21.6. The van der Waals surface area contributed by atoms with Gasteiger partial charge in [0, 0.05) is 36.7 Å². The lowest BCUT2D eigenvalue weighted by atomic mass is 10.1. The van der Waals surface area contributed by atoms with Gasteiger partial charge in [-0.1, -0.05) is 54.3 Å². The van der Waals surface area contributed by atoms with Gasteiger partial charge in [-0.3, -0.25) is 4.79 Å². The van der Waals surface area contributed by atoms with Gasteiger partial charge in [-0.05, 0) is 19.8 Å². The van der Waals surface area contributed by atoms with Crippen molar-refractivity contribution in [3.8, 4) is 0 Å². The zero-order valence-electron chi connectivity index (χ0n) is 16.8. The fourth-order valence-electron chi connectivity index (χ4n) is 4.20. The van der Waals surface area contributed by atoms with Crippen molar-refractivity contribution >= 4 is 51.5 Å². The number of halogens is 2. The average molecular weight is 471 g/mol. The standard InChI is InChI=1S/C20H24Cl2N4O3S/c1-3-4-5-6-12-17(19(28)29)30-20(24-12)26-7-10-11(8-26)15(10)25-18(27)16-14(22)13(21)9(2)23-16/h10-11,15,23H,3-8H2,1-2H3,(H,25,27)(H,28,29)/t10-,11+,15-. The average Bonchev–Trinajstić information content (AvgIpc) is 3.09. The molecule has 2 fully saturated rings. The molecule has 0 unspecified atom stereocenters. The molecule has 1 aliphatic heterocycles. The predicted molar refractivity (Wildman–Crippen MR) is 118 cm³/mol. The second-order valence-electron chi connectivity index (χ2n) is 8.02. The number of aromatic amines is 1. The quantitative estimate of drug-likeness (QED) is 0.497. The summed E-state index contributed by atoms with van der Waals surface area (Å²) in [7, 11) is 0. The minimum absolute atomic E-state index is 0.0927. The number of carboxylic acids is 1. The lowest BCUT2D eigenvalue weighted by Crippen LogP contribution is -2.34. The third kappa shape index (κ3) is 3.92. The Balaban J connectivity index is 1.37. The van der Waals surface area contributed by atoms with Crippen LogP contribution in [0.1, 0.15) is 57.7 Å². The maximum absolute atomic E-state index is 12.5. The Hall–Kier alpha value is -1.77. The molecule has 10 heteroatoms. The van der Waals surface area contributed by atoms with Crippen LogP contribution >= 0.6 is 34.5 Å². The highest BCUT2D eigenvalue weighted by Gasteiger charge is 2.57. The predicted octanol–water partition coefficient (Wildman–Crippen LogP) is 4.38. The lowest BCUT2D eigenvalue weighted by molar-refractivity contribution is 0.0700. The molecule has 2 aromatic heterocycles. The van der Waals surface area contributed by atoms with E-state index in [0.717, 1.165) is 37.5 Å². The van der Waals surface area contributed by atoms with Crippen molar-refractivity contribution in [2.75, 3.05) is 18.0 Å². The van der Waals surface area contributed by atoms with Crippen LogP contribution in [0.2, 0.25) is 10.0 Å². The number of aromatic carboxylic acids is 1. The summed E-state index contributed by atoms with van der Waals surface area (Å²) >= 11 is 13.4. The second-order valence-corrected chi connectivity index (χ2v) is 9.75. The first-order valence-corrected chi connectivity index (χ1v) is 11.7. The number of hydrogen-bond acceptors (Lipinski definition) is 5. The van der Waals surface area contributed by atoms with Crippen LogP contribution in [0.4, 0.5) is 5.13 Å². The Kier molecular flexibility index (Phi) is 6.01. The van der Waals surface area contributed by atoms with Gasteiger partial charge in [0.05, 0.1) is 15.7 Å². The number of carboxylic acid groups (broad SMARTS) is 1. The summed E-state index contributed by atoms with van der Waals surface area (Å²) in [5.41, 5.74) is 1.65. The molecule has 1 amide bonds. The highest BCUT2D eigenvalue weighted by atomic mass is 35.5. The molecule has 0 radical (unpaired) electrons. The molecule has 2 aliphatic rings. The number of H-pyrrole nitrogens is 1. The molecule has 3 N–H and O–H groups in total. The van der Waals surface area contributed by atoms with E-state index < -0.39 is 5.97 Å². The first-order valence-electron chi connectivity index (χ1n) is 10.1. The molecule has 0 bridgehead atoms. The number of anilines is 1. The number of nitrogens with one attached hydrogen (secondary N) is 2. The summed E-state index contributed by atoms with van der Waals surface area (Å²) in [4.78, 5) is 34.2. The van der Waals surface area contributed by atoms with Crippen molar-refractivity contribution in [3.63, 3.8) is 0 Å². The molecule has 3 atom stereocenters. The summed E-state index contributed by atoms with van der Waals surface area (Å²) in [5, 5.41) is 13.9. The number of amides is 1. The number of carbonyl (C=O) groups excluding carboxylic acids is 1. The number of nitrogens with zero attached hydrogens (tertiary/aromatic N) is 2. The number of unbranched alkanes of at least 4 members (excludes halogenated alkanes) is 2. The minimum atomic E-state index is -0.906. The first kappa shape index (κ1) is 21.5. The van der Waals surface area contributed by atoms with Crippen LogP contribution in [-0.2, 0) is 6.42 Å². The van der Waals surface area contributed by atoms with Gasteiger partial charge < -0.3 is 20.3 Å². The van der Waals surface area contributed by atoms with Crippen LogP contribution in [0, 0.1) is 18.8 Å². The van der Waals surface area contributed by atoms with Gasteiger partial charge in [0.15, 0.2) is 5.13 Å². The van der Waals surface area contributed by atoms with Gasteiger partial charge in [0.2, 0.25) is 0 Å². The van der Waals surface area contributed by atoms with Crippen molar-refractivity contribution in [3.05, 3.63) is 32.0 Å². The number of fused-ring (bicyclic) bond motifs is 1. The number of aromatic nitrogens is 2. The molecule has 30 heavy (non-hydrogen) atoms. The number of aryl methyl sites for hydroxylation is 2. The van der Waals surface area contributed by atoms with Crippen molar-refractivity contribution in [1.82, 2.24) is 15.3 Å². The summed E-state index contributed by atoms with van der Waals surface area (Å²) in [6, 6.07) is 0.0927. The third-order valence-electron chi connectivity index (χ3n) is 5.94. The molecule has 7 nitrogen and oxygen atoms in total. The zero-order valence-corrected chi connectivity index (χ0v) is 19.1. The van der Waals surface area contributed by atoms with Gasteiger partial charge in [0.1, 0.15) is 10.6 Å². The van der Waals surface area contributed by atoms with E-state index in [2.05, 4.69) is 27.1 Å². The van der Waals surface area contributed by atoms with E-state index in [-0.39, 0.29) is 17.0 Å². The number of thiazole rings is 1. The van der Waals surface area contributed by atoms with E-state index in [9.17, 15) is 14.7 Å². The maximum atomic E-state index is 12.5. The van der Waals surface area contributed by atoms with Crippen LogP contribution < -0.4 is 10.2 Å². The fraction of sp³-hybridized carbons (Fsp3) is 0.550. The van der Waals surface area contributed by atoms with E-state index in [1.807, 2.05) is 0 Å². The number of piperidine rings is 1. The molecule has 0 aromatic carbocycles. The largest absolute Gasteiger partial charge is 0.477 e. The monoisotopic (exact) mass is 470 g/mol. The van der Waals surface area contributed by atoms with E-state index in [1.165, 1.54) is 11.3 Å². The van der Waals surface area contributed by atoms with E-state index in [0.29, 0.717) is 45.2 Å². The van der Waals surface area contributed by atoms with Crippen molar-refractivity contribution < 1.29 is 14.7 Å². The van der Waals surface area contributed by atoms with Crippen LogP contribution in [-0.4, -0.2) is 46.1 Å². The van der Waals surface area contributed by atoms with Crippen molar-refractivity contribution in [2.24, 2.45) is 11.8 Å². The van der Waals surface area contributed by atoms with E-state index in [1.54, 1.807) is 6.92 Å². The molecule has 1 saturated carbocycles. The summed E-state index contributed by atoms with van der Waals surface area (Å²) < 4.78 is 0. The van der Waals surface area contributed by atoms with Gasteiger partial charge in [0.25, 0.3) is 5.91 Å². The van der Waals surface area contributed by atoms with E-state index in [4.69, 9.17) is 23.2 Å². The Labute approximate surface area is 188 Å². The van der Waals surface area contributed by atoms with Crippen LogP contribution in [0.5, 0.6) is 0 Å². The van der Waals surface area contributed by atoms with Crippen molar-refractivity contribution in [2.45, 2.75) is 45.6 Å². The van der Waals surface area contributed by atoms with Gasteiger partial charge in [-0.2, -0.15) is 0 Å². The van der Waals surface area contributed by atoms with Crippen LogP contribution in [0.25, 0.3) is 0 Å². The van der Waals surface area contributed by atoms with Crippen molar-refractivity contribution in [1.29, 1.82) is 0 Å². The lowest BCUT2D eigenvalue weighted by Gasteiger charge is -2.19. The Morgan fingerprint density at radius 2 is 1.97 bits per heavy atom. The van der Waals surface area contributed by atoms with Gasteiger partial charge in [-0.25, -0.2) is 9.78 Å². The Morgan fingerprint density at radius 1 is 1.27 bits per heavy atom. The van der Waals surface area contributed by atoms with E-state index >= 15 is 0 Å². The second kappa shape index (κ2) is 8.40. The van der Waals surface area contributed by atoms with Crippen LogP contribution in [0.15, 0.2) is 0 Å². The molecule has 162 valence electrons. The highest BCUT2D eigenvalue weighted by molar-refractivity contribution is 7.17. The molecular weight excluding hydrogens is 447 g/mol. The molecule has 0 spiro atoms. The molecular formula is C20H24Cl2N4O3S. The Morgan fingerprint density at radius 3 is 2.53 bits per heavy atom. The topological polar surface area (TPSA) is 98.3 Å². The smallest absolute Gasteiger partial charge is 0.347 e. The van der Waals surface area contributed by atoms with Gasteiger partial charge in [-0.15, -0.1) is 0 Å². The SMILES string of the molecule is CCCCCc1nc(N2C[C@@H]3[C@H](C2)[C@@H]3NC(=O)c2[nH]c(C)c(Cl)c2Cl)sc1C(=O)O. The summed E-state index contributed by atoms with van der Waals surface area (Å²) in [6.45, 7) is 5.41. The first-order chi connectivity index (χ1) is 14.3. The minimum Gasteiger partial charge on any atom is -0.477 e. The molecule has 1 saturated heterocycles. The molecule has 3 heterocycles. The number of hydrogen-bond donors (Lipinski definition) is 3. The maximum Gasteiger partial charge on any atom is 0.347 e. The van der Waals surface area contributed by atoms with Gasteiger partial charge >= 0.3 is 5.97 Å².